The lowest BCUT2D eigenvalue weighted by Gasteiger charge is -2.21. The maximum Gasteiger partial charge on any atom is 0.276 e. The molecule has 1 aliphatic rings. The predicted molar refractivity (Wildman–Crippen MR) is 116 cm³/mol. The second kappa shape index (κ2) is 9.26. The molecule has 0 saturated carbocycles. The fourth-order valence-corrected chi connectivity index (χ4v) is 3.50. The Morgan fingerprint density at radius 1 is 0.967 bits per heavy atom. The Kier molecular flexibility index (Phi) is 6.08. The number of amides is 1. The molecule has 0 spiro atoms. The Morgan fingerprint density at radius 2 is 1.70 bits per heavy atom. The lowest BCUT2D eigenvalue weighted by molar-refractivity contribution is 0.101. The number of hydrogen-bond acceptors (Lipinski definition) is 5. The number of rotatable bonds is 7. The number of benzene rings is 2. The van der Waals surface area contributed by atoms with Gasteiger partial charge in [-0.25, -0.2) is 4.68 Å². The van der Waals surface area contributed by atoms with Crippen LogP contribution in [-0.4, -0.2) is 35.4 Å². The quantitative estimate of drug-likeness (QED) is 0.655. The third-order valence-electron chi connectivity index (χ3n) is 5.01. The van der Waals surface area contributed by atoms with Crippen molar-refractivity contribution in [3.8, 4) is 5.75 Å². The average molecular weight is 404 g/mol. The van der Waals surface area contributed by atoms with Gasteiger partial charge in [0.25, 0.3) is 11.5 Å². The summed E-state index contributed by atoms with van der Waals surface area (Å²) in [6.07, 6.45) is 2.31. The Balaban J connectivity index is 1.45. The molecule has 4 rings (SSSR count). The van der Waals surface area contributed by atoms with Crippen molar-refractivity contribution >= 4 is 17.3 Å². The summed E-state index contributed by atoms with van der Waals surface area (Å²) in [7, 11) is 0. The molecular formula is C23H24N4O3. The molecule has 1 aliphatic heterocycles. The third-order valence-corrected chi connectivity index (χ3v) is 5.01. The van der Waals surface area contributed by atoms with Crippen LogP contribution in [0.4, 0.5) is 11.4 Å². The summed E-state index contributed by atoms with van der Waals surface area (Å²) >= 11 is 0. The highest BCUT2D eigenvalue weighted by molar-refractivity contribution is 6.04. The largest absolute Gasteiger partial charge is 0.492 e. The van der Waals surface area contributed by atoms with Crippen LogP contribution in [0.3, 0.4) is 0 Å². The minimum absolute atomic E-state index is 0.186. The first-order valence-corrected chi connectivity index (χ1v) is 10.1. The molecule has 7 heteroatoms. The van der Waals surface area contributed by atoms with Crippen LogP contribution in [0, 0.1) is 0 Å². The van der Waals surface area contributed by atoms with E-state index in [1.807, 2.05) is 54.6 Å². The SMILES string of the molecule is O=C(Nc1ccccc1N1CCCC1)c1ccc(=O)n(CCOc2ccccc2)n1. The lowest BCUT2D eigenvalue weighted by Crippen LogP contribution is -2.28. The highest BCUT2D eigenvalue weighted by atomic mass is 16.5. The summed E-state index contributed by atoms with van der Waals surface area (Å²) in [5.74, 6) is 0.373. The van der Waals surface area contributed by atoms with Crippen LogP contribution in [0.1, 0.15) is 23.3 Å². The van der Waals surface area contributed by atoms with Crippen LogP contribution in [-0.2, 0) is 6.54 Å². The van der Waals surface area contributed by atoms with Crippen LogP contribution in [0.2, 0.25) is 0 Å². The Labute approximate surface area is 174 Å². The molecular weight excluding hydrogens is 380 g/mol. The fraction of sp³-hybridized carbons (Fsp3) is 0.261. The van der Waals surface area contributed by atoms with E-state index in [1.165, 1.54) is 16.8 Å². The standard InChI is InChI=1S/C23H24N4O3/c28-22-13-12-20(25-27(22)16-17-30-18-8-2-1-3-9-18)23(29)24-19-10-4-5-11-21(19)26-14-6-7-15-26/h1-5,8-13H,6-7,14-17H2,(H,24,29). The summed E-state index contributed by atoms with van der Waals surface area (Å²) in [6.45, 7) is 2.49. The molecule has 0 bridgehead atoms. The Morgan fingerprint density at radius 3 is 2.50 bits per heavy atom. The zero-order chi connectivity index (χ0) is 20.8. The molecule has 1 saturated heterocycles. The Hall–Kier alpha value is -3.61. The molecule has 0 unspecified atom stereocenters. The molecule has 2 aromatic carbocycles. The van der Waals surface area contributed by atoms with Crippen LogP contribution < -0.4 is 20.5 Å². The van der Waals surface area contributed by atoms with Crippen molar-refractivity contribution in [1.82, 2.24) is 9.78 Å². The van der Waals surface area contributed by atoms with Crippen molar-refractivity contribution in [2.75, 3.05) is 29.9 Å². The maximum atomic E-state index is 12.8. The fourth-order valence-electron chi connectivity index (χ4n) is 3.50. The van der Waals surface area contributed by atoms with Gasteiger partial charge in [-0.1, -0.05) is 30.3 Å². The van der Waals surface area contributed by atoms with Crippen molar-refractivity contribution in [1.29, 1.82) is 0 Å². The first-order chi connectivity index (χ1) is 14.7. The summed E-state index contributed by atoms with van der Waals surface area (Å²) in [6, 6.07) is 19.9. The summed E-state index contributed by atoms with van der Waals surface area (Å²) in [5, 5.41) is 7.17. The van der Waals surface area contributed by atoms with E-state index >= 15 is 0 Å². The monoisotopic (exact) mass is 404 g/mol. The minimum Gasteiger partial charge on any atom is -0.492 e. The number of para-hydroxylation sites is 3. The first kappa shape index (κ1) is 19.7. The predicted octanol–water partition coefficient (Wildman–Crippen LogP) is 3.17. The molecule has 1 aromatic heterocycles. The van der Waals surface area contributed by atoms with Gasteiger partial charge in [0.1, 0.15) is 18.1 Å². The van der Waals surface area contributed by atoms with E-state index in [4.69, 9.17) is 4.74 Å². The van der Waals surface area contributed by atoms with Crippen LogP contribution in [0.15, 0.2) is 71.5 Å². The van der Waals surface area contributed by atoms with Gasteiger partial charge < -0.3 is 15.0 Å². The highest BCUT2D eigenvalue weighted by Crippen LogP contribution is 2.28. The average Bonchev–Trinajstić information content (AvgIpc) is 3.31. The number of carbonyl (C=O) groups excluding carboxylic acids is 1. The summed E-state index contributed by atoms with van der Waals surface area (Å²) < 4.78 is 6.88. The molecule has 154 valence electrons. The number of nitrogens with one attached hydrogen (secondary N) is 1. The van der Waals surface area contributed by atoms with E-state index in [1.54, 1.807) is 0 Å². The smallest absolute Gasteiger partial charge is 0.276 e. The first-order valence-electron chi connectivity index (χ1n) is 10.1. The number of nitrogens with zero attached hydrogens (tertiary/aromatic N) is 3. The van der Waals surface area contributed by atoms with Gasteiger partial charge in [-0.2, -0.15) is 5.10 Å². The minimum atomic E-state index is -0.348. The topological polar surface area (TPSA) is 76.5 Å². The van der Waals surface area contributed by atoms with Gasteiger partial charge in [-0.15, -0.1) is 0 Å². The molecule has 7 nitrogen and oxygen atoms in total. The van der Waals surface area contributed by atoms with E-state index < -0.39 is 0 Å². The van der Waals surface area contributed by atoms with Crippen LogP contribution in [0.5, 0.6) is 5.75 Å². The molecule has 3 aromatic rings. The van der Waals surface area contributed by atoms with E-state index in [-0.39, 0.29) is 30.3 Å². The van der Waals surface area contributed by atoms with Gasteiger partial charge >= 0.3 is 0 Å². The normalized spacial score (nSPS) is 13.3. The molecule has 1 fully saturated rings. The van der Waals surface area contributed by atoms with Gasteiger partial charge in [-0.05, 0) is 43.2 Å². The molecule has 2 heterocycles. The second-order valence-corrected chi connectivity index (χ2v) is 7.11. The van der Waals surface area contributed by atoms with E-state index in [0.29, 0.717) is 0 Å². The van der Waals surface area contributed by atoms with Crippen molar-refractivity contribution in [2.45, 2.75) is 19.4 Å². The van der Waals surface area contributed by atoms with E-state index in [9.17, 15) is 9.59 Å². The molecule has 0 radical (unpaired) electrons. The van der Waals surface area contributed by atoms with Crippen molar-refractivity contribution in [2.24, 2.45) is 0 Å². The number of aromatic nitrogens is 2. The molecule has 0 aliphatic carbocycles. The van der Waals surface area contributed by atoms with Crippen LogP contribution in [0.25, 0.3) is 0 Å². The van der Waals surface area contributed by atoms with E-state index in [0.717, 1.165) is 43.1 Å². The van der Waals surface area contributed by atoms with Gasteiger partial charge in [0.05, 0.1) is 17.9 Å². The number of ether oxygens (including phenoxy) is 1. The summed E-state index contributed by atoms with van der Waals surface area (Å²) in [4.78, 5) is 27.2. The van der Waals surface area contributed by atoms with E-state index in [2.05, 4.69) is 15.3 Å². The molecule has 1 N–H and O–H groups in total. The zero-order valence-electron chi connectivity index (χ0n) is 16.7. The van der Waals surface area contributed by atoms with Gasteiger partial charge in [-0.3, -0.25) is 9.59 Å². The summed E-state index contributed by atoms with van der Waals surface area (Å²) in [5.41, 5.74) is 1.66. The van der Waals surface area contributed by atoms with Crippen molar-refractivity contribution < 1.29 is 9.53 Å². The maximum absolute atomic E-state index is 12.8. The Bertz CT molecular complexity index is 1060. The van der Waals surface area contributed by atoms with Crippen LogP contribution >= 0.6 is 0 Å². The number of carbonyl (C=O) groups is 1. The van der Waals surface area contributed by atoms with Crippen molar-refractivity contribution in [3.63, 3.8) is 0 Å². The van der Waals surface area contributed by atoms with Crippen molar-refractivity contribution in [3.05, 3.63) is 82.8 Å². The number of hydrogen-bond donors (Lipinski definition) is 1. The van der Waals surface area contributed by atoms with Gasteiger partial charge in [0, 0.05) is 19.2 Å². The molecule has 1 amide bonds. The highest BCUT2D eigenvalue weighted by Gasteiger charge is 2.18. The van der Waals surface area contributed by atoms with Gasteiger partial charge in [0.15, 0.2) is 0 Å². The lowest BCUT2D eigenvalue weighted by atomic mass is 10.2. The second-order valence-electron chi connectivity index (χ2n) is 7.11. The third kappa shape index (κ3) is 4.68. The number of anilines is 2. The van der Waals surface area contributed by atoms with Gasteiger partial charge in [0.2, 0.25) is 0 Å². The molecule has 0 atom stereocenters. The molecule has 30 heavy (non-hydrogen) atoms. The zero-order valence-corrected chi connectivity index (χ0v) is 16.7.